The summed E-state index contributed by atoms with van der Waals surface area (Å²) >= 11 is 5.87. The lowest BCUT2D eigenvalue weighted by Crippen LogP contribution is -2.31. The molecule has 0 N–H and O–H groups in total. The van der Waals surface area contributed by atoms with E-state index >= 15 is 0 Å². The minimum atomic E-state index is -0.852. The Labute approximate surface area is 114 Å². The van der Waals surface area contributed by atoms with Gasteiger partial charge in [0.1, 0.15) is 5.75 Å². The third kappa shape index (κ3) is 2.26. The highest BCUT2D eigenvalue weighted by Crippen LogP contribution is 2.25. The number of imide groups is 2. The number of carbonyl (C=O) groups is 3. The molecule has 1 aliphatic heterocycles. The number of urea groups is 1. The quantitative estimate of drug-likeness (QED) is 0.618. The molecule has 1 aromatic rings. The molecule has 6 nitrogen and oxygen atoms in total. The van der Waals surface area contributed by atoms with Gasteiger partial charge in [0.15, 0.2) is 0 Å². The second-order valence-electron chi connectivity index (χ2n) is 3.99. The van der Waals surface area contributed by atoms with E-state index in [1.165, 1.54) is 14.2 Å². The first-order chi connectivity index (χ1) is 8.95. The van der Waals surface area contributed by atoms with Crippen molar-refractivity contribution in [3.63, 3.8) is 0 Å². The fourth-order valence-corrected chi connectivity index (χ4v) is 1.99. The molecular formula is C12H11ClN2O4. The highest BCUT2D eigenvalue weighted by Gasteiger charge is 2.42. The summed E-state index contributed by atoms with van der Waals surface area (Å²) in [4.78, 5) is 36.4. The molecule has 1 fully saturated rings. The van der Waals surface area contributed by atoms with Crippen molar-refractivity contribution >= 4 is 29.4 Å². The molecule has 0 radical (unpaired) electrons. The van der Waals surface area contributed by atoms with Crippen molar-refractivity contribution in [2.75, 3.05) is 14.2 Å². The monoisotopic (exact) mass is 282 g/mol. The number of ether oxygens (including phenoxy) is 1. The second-order valence-corrected chi connectivity index (χ2v) is 4.43. The zero-order chi connectivity index (χ0) is 14.2. The fraction of sp³-hybridized carbons (Fsp3) is 0.250. The standard InChI is InChI=1S/C12H11ClN2O4/c1-14-10(16)11(17)15(12(14)18)6-7-5-8(13)3-4-9(7)19-2/h3-5H,6H2,1-2H3. The molecular weight excluding hydrogens is 272 g/mol. The predicted molar refractivity (Wildman–Crippen MR) is 66.7 cm³/mol. The Balaban J connectivity index is 2.31. The third-order valence-corrected chi connectivity index (χ3v) is 3.06. The molecule has 2 rings (SSSR count). The molecule has 19 heavy (non-hydrogen) atoms. The molecule has 1 aliphatic rings. The van der Waals surface area contributed by atoms with E-state index in [0.29, 0.717) is 16.3 Å². The van der Waals surface area contributed by atoms with Gasteiger partial charge in [0.25, 0.3) is 0 Å². The van der Waals surface area contributed by atoms with Crippen LogP contribution in [0.3, 0.4) is 0 Å². The molecule has 4 amide bonds. The summed E-state index contributed by atoms with van der Waals surface area (Å²) in [5.74, 6) is -1.20. The maximum Gasteiger partial charge on any atom is 0.334 e. The van der Waals surface area contributed by atoms with Crippen LogP contribution < -0.4 is 4.74 Å². The van der Waals surface area contributed by atoms with Crippen LogP contribution in [0.1, 0.15) is 5.56 Å². The van der Waals surface area contributed by atoms with Crippen molar-refractivity contribution in [1.29, 1.82) is 0 Å². The van der Waals surface area contributed by atoms with Crippen LogP contribution in [0, 0.1) is 0 Å². The van der Waals surface area contributed by atoms with E-state index in [1.54, 1.807) is 18.2 Å². The first-order valence-electron chi connectivity index (χ1n) is 5.41. The minimum Gasteiger partial charge on any atom is -0.496 e. The highest BCUT2D eigenvalue weighted by molar-refractivity contribution is 6.44. The maximum atomic E-state index is 11.8. The van der Waals surface area contributed by atoms with Crippen LogP contribution in [0.15, 0.2) is 18.2 Å². The number of benzene rings is 1. The average Bonchev–Trinajstić information content (AvgIpc) is 2.57. The van der Waals surface area contributed by atoms with E-state index in [2.05, 4.69) is 0 Å². The summed E-state index contributed by atoms with van der Waals surface area (Å²) < 4.78 is 5.13. The number of amides is 4. The van der Waals surface area contributed by atoms with Gasteiger partial charge in [-0.05, 0) is 18.2 Å². The van der Waals surface area contributed by atoms with Crippen LogP contribution >= 0.6 is 11.6 Å². The van der Waals surface area contributed by atoms with Crippen LogP contribution in [0.4, 0.5) is 4.79 Å². The lowest BCUT2D eigenvalue weighted by molar-refractivity contribution is -0.143. The largest absolute Gasteiger partial charge is 0.496 e. The normalized spacial score (nSPS) is 15.4. The van der Waals surface area contributed by atoms with Crippen LogP contribution in [-0.4, -0.2) is 41.8 Å². The molecule has 1 heterocycles. The molecule has 0 spiro atoms. The fourth-order valence-electron chi connectivity index (χ4n) is 1.79. The topological polar surface area (TPSA) is 66.9 Å². The first-order valence-corrected chi connectivity index (χ1v) is 5.79. The van der Waals surface area contributed by atoms with Gasteiger partial charge in [-0.3, -0.25) is 19.4 Å². The van der Waals surface area contributed by atoms with Crippen molar-refractivity contribution in [3.05, 3.63) is 28.8 Å². The summed E-state index contributed by atoms with van der Waals surface area (Å²) in [7, 11) is 2.73. The highest BCUT2D eigenvalue weighted by atomic mass is 35.5. The van der Waals surface area contributed by atoms with E-state index in [1.807, 2.05) is 0 Å². The number of hydrogen-bond acceptors (Lipinski definition) is 4. The number of nitrogens with zero attached hydrogens (tertiary/aromatic N) is 2. The SMILES string of the molecule is COc1ccc(Cl)cc1CN1C(=O)C(=O)N(C)C1=O. The summed E-state index contributed by atoms with van der Waals surface area (Å²) in [6.07, 6.45) is 0. The molecule has 0 saturated carbocycles. The van der Waals surface area contributed by atoms with Crippen molar-refractivity contribution in [2.45, 2.75) is 6.54 Å². The first kappa shape index (κ1) is 13.4. The van der Waals surface area contributed by atoms with Gasteiger partial charge in [-0.2, -0.15) is 0 Å². The molecule has 1 aromatic carbocycles. The third-order valence-electron chi connectivity index (χ3n) is 2.82. The van der Waals surface area contributed by atoms with Gasteiger partial charge < -0.3 is 4.74 Å². The lowest BCUT2D eigenvalue weighted by atomic mass is 10.2. The molecule has 1 saturated heterocycles. The molecule has 7 heteroatoms. The Bertz CT molecular complexity index is 573. The Kier molecular flexibility index (Phi) is 3.44. The molecule has 0 atom stereocenters. The van der Waals surface area contributed by atoms with Crippen molar-refractivity contribution in [3.8, 4) is 5.75 Å². The summed E-state index contributed by atoms with van der Waals surface area (Å²) in [6.45, 7) is -0.0581. The number of carbonyl (C=O) groups excluding carboxylic acids is 3. The smallest absolute Gasteiger partial charge is 0.334 e. The lowest BCUT2D eigenvalue weighted by Gasteiger charge is -2.15. The molecule has 0 aromatic heterocycles. The zero-order valence-electron chi connectivity index (χ0n) is 10.3. The van der Waals surface area contributed by atoms with Crippen LogP contribution in [-0.2, 0) is 16.1 Å². The Morgan fingerprint density at radius 1 is 1.21 bits per heavy atom. The van der Waals surface area contributed by atoms with Crippen molar-refractivity contribution in [2.24, 2.45) is 0 Å². The van der Waals surface area contributed by atoms with Gasteiger partial charge in [-0.25, -0.2) is 4.79 Å². The van der Waals surface area contributed by atoms with E-state index in [9.17, 15) is 14.4 Å². The number of hydrogen-bond donors (Lipinski definition) is 0. The number of likely N-dealkylation sites (N-methyl/N-ethyl adjacent to an activating group) is 1. The predicted octanol–water partition coefficient (Wildman–Crippen LogP) is 1.27. The van der Waals surface area contributed by atoms with E-state index in [0.717, 1.165) is 9.80 Å². The Morgan fingerprint density at radius 3 is 2.42 bits per heavy atom. The Morgan fingerprint density at radius 2 is 1.89 bits per heavy atom. The van der Waals surface area contributed by atoms with Crippen LogP contribution in [0.25, 0.3) is 0 Å². The molecule has 0 unspecified atom stereocenters. The van der Waals surface area contributed by atoms with Gasteiger partial charge in [0.05, 0.1) is 13.7 Å². The van der Waals surface area contributed by atoms with E-state index < -0.39 is 17.8 Å². The summed E-state index contributed by atoms with van der Waals surface area (Å²) in [5, 5.41) is 0.453. The average molecular weight is 283 g/mol. The zero-order valence-corrected chi connectivity index (χ0v) is 11.1. The van der Waals surface area contributed by atoms with E-state index in [-0.39, 0.29) is 6.54 Å². The van der Waals surface area contributed by atoms with Crippen molar-refractivity contribution < 1.29 is 19.1 Å². The Hall–Kier alpha value is -2.08. The van der Waals surface area contributed by atoms with Gasteiger partial charge in [0.2, 0.25) is 0 Å². The molecule has 100 valence electrons. The number of rotatable bonds is 3. The summed E-state index contributed by atoms with van der Waals surface area (Å²) in [6, 6.07) is 4.20. The van der Waals surface area contributed by atoms with Gasteiger partial charge in [-0.1, -0.05) is 11.6 Å². The second kappa shape index (κ2) is 4.89. The molecule has 0 aliphatic carbocycles. The number of halogens is 1. The van der Waals surface area contributed by atoms with Gasteiger partial charge in [0, 0.05) is 17.6 Å². The number of methoxy groups -OCH3 is 1. The van der Waals surface area contributed by atoms with E-state index in [4.69, 9.17) is 16.3 Å². The van der Waals surface area contributed by atoms with Crippen LogP contribution in [0.5, 0.6) is 5.75 Å². The van der Waals surface area contributed by atoms with Gasteiger partial charge >= 0.3 is 17.8 Å². The van der Waals surface area contributed by atoms with Crippen molar-refractivity contribution in [1.82, 2.24) is 9.80 Å². The minimum absolute atomic E-state index is 0.0581. The van der Waals surface area contributed by atoms with Gasteiger partial charge in [-0.15, -0.1) is 0 Å². The maximum absolute atomic E-state index is 11.8. The summed E-state index contributed by atoms with van der Waals surface area (Å²) in [5.41, 5.74) is 0.555. The van der Waals surface area contributed by atoms with Crippen LogP contribution in [0.2, 0.25) is 5.02 Å². The molecule has 0 bridgehead atoms.